The van der Waals surface area contributed by atoms with Crippen LogP contribution in [0.15, 0.2) is 132 Å². The normalized spacial score (nSPS) is 15.0. The first-order valence-electron chi connectivity index (χ1n) is 14.1. The van der Waals surface area contributed by atoms with E-state index in [2.05, 4.69) is 121 Å². The molecule has 0 fully saturated rings. The first-order valence-corrected chi connectivity index (χ1v) is 15.0. The van der Waals surface area contributed by atoms with Gasteiger partial charge in [-0.15, -0.1) is 0 Å². The van der Waals surface area contributed by atoms with Gasteiger partial charge in [0.15, 0.2) is 5.82 Å². The van der Waals surface area contributed by atoms with Crippen molar-refractivity contribution in [2.24, 2.45) is 0 Å². The molecule has 2 aliphatic rings. The molecule has 1 N–H and O–H groups in total. The van der Waals surface area contributed by atoms with Crippen molar-refractivity contribution >= 4 is 17.4 Å². The van der Waals surface area contributed by atoms with E-state index in [0.29, 0.717) is 0 Å². The minimum Gasteiger partial charge on any atom is -0.368 e. The fraction of sp³-hybridized carbons (Fsp3) is 0.0811. The molecule has 0 spiro atoms. The number of aryl methyl sites for hydroxylation is 2. The third kappa shape index (κ3) is 4.41. The van der Waals surface area contributed by atoms with Crippen LogP contribution in [-0.4, -0.2) is 9.97 Å². The molecule has 0 radical (unpaired) electrons. The summed E-state index contributed by atoms with van der Waals surface area (Å²) in [4.78, 5) is 11.5. The Morgan fingerprint density at radius 2 is 1.20 bits per heavy atom. The van der Waals surface area contributed by atoms with Crippen LogP contribution in [0.3, 0.4) is 0 Å². The molecule has 0 saturated carbocycles. The Morgan fingerprint density at radius 3 is 1.88 bits per heavy atom. The van der Waals surface area contributed by atoms with Crippen molar-refractivity contribution in [3.8, 4) is 45.0 Å². The van der Waals surface area contributed by atoms with Crippen LogP contribution in [0.2, 0.25) is 0 Å². The third-order valence-corrected chi connectivity index (χ3v) is 9.26. The highest BCUT2D eigenvalue weighted by Crippen LogP contribution is 2.53. The number of benzene rings is 5. The average Bonchev–Trinajstić information content (AvgIpc) is 3.50. The smallest absolute Gasteiger partial charge is 0.160 e. The van der Waals surface area contributed by atoms with Gasteiger partial charge in [0.1, 0.15) is 5.37 Å². The van der Waals surface area contributed by atoms with E-state index in [9.17, 15) is 0 Å². The molecular weight excluding hydrogens is 518 g/mol. The first kappa shape index (κ1) is 24.2. The molecular formula is C37H27N3S. The van der Waals surface area contributed by atoms with Gasteiger partial charge in [-0.2, -0.15) is 0 Å². The van der Waals surface area contributed by atoms with E-state index in [1.165, 1.54) is 38.4 Å². The van der Waals surface area contributed by atoms with Crippen LogP contribution in [-0.2, 0) is 12.8 Å². The second kappa shape index (κ2) is 10.1. The molecule has 41 heavy (non-hydrogen) atoms. The number of fused-ring (bicyclic) bond motifs is 5. The highest BCUT2D eigenvalue weighted by Gasteiger charge is 2.29. The summed E-state index contributed by atoms with van der Waals surface area (Å²) in [7, 11) is 0. The standard InChI is InChI=1S/C37H27N3S/c1-4-10-25(11-5-1)31-23-32(26-12-6-2-7-13-26)39-36(38-31)29-19-17-24-16-18-27-20-21-33-35(34(27)30(24)22-29)40-37(41-33)28-14-8-3-9-15-28/h1-15,17,19-23,37,40H,16,18H2. The predicted molar refractivity (Wildman–Crippen MR) is 170 cm³/mol. The lowest BCUT2D eigenvalue weighted by Gasteiger charge is -2.23. The van der Waals surface area contributed by atoms with Crippen LogP contribution < -0.4 is 5.32 Å². The van der Waals surface area contributed by atoms with E-state index in [0.717, 1.165) is 46.7 Å². The zero-order valence-electron chi connectivity index (χ0n) is 22.4. The van der Waals surface area contributed by atoms with Gasteiger partial charge in [0.25, 0.3) is 0 Å². The number of hydrogen-bond acceptors (Lipinski definition) is 4. The summed E-state index contributed by atoms with van der Waals surface area (Å²) in [6, 6.07) is 45.0. The van der Waals surface area contributed by atoms with Crippen molar-refractivity contribution in [1.29, 1.82) is 0 Å². The molecule has 196 valence electrons. The largest absolute Gasteiger partial charge is 0.368 e. The summed E-state index contributed by atoms with van der Waals surface area (Å²) in [5.74, 6) is 0.747. The zero-order chi connectivity index (χ0) is 27.2. The highest BCUT2D eigenvalue weighted by molar-refractivity contribution is 8.00. The highest BCUT2D eigenvalue weighted by atomic mass is 32.2. The van der Waals surface area contributed by atoms with Gasteiger partial charge >= 0.3 is 0 Å². The Hall–Kier alpha value is -4.67. The lowest BCUT2D eigenvalue weighted by atomic mass is 9.83. The summed E-state index contributed by atoms with van der Waals surface area (Å²) in [6.45, 7) is 0. The number of anilines is 1. The van der Waals surface area contributed by atoms with Crippen molar-refractivity contribution in [2.45, 2.75) is 23.1 Å². The minimum atomic E-state index is 0.213. The maximum atomic E-state index is 5.10. The van der Waals surface area contributed by atoms with Crippen LogP contribution in [0.1, 0.15) is 22.1 Å². The lowest BCUT2D eigenvalue weighted by molar-refractivity contribution is 0.939. The fourth-order valence-corrected chi connectivity index (χ4v) is 7.13. The topological polar surface area (TPSA) is 37.8 Å². The van der Waals surface area contributed by atoms with E-state index in [1.807, 2.05) is 23.9 Å². The Kier molecular flexibility index (Phi) is 5.93. The molecule has 3 nitrogen and oxygen atoms in total. The van der Waals surface area contributed by atoms with E-state index in [4.69, 9.17) is 9.97 Å². The van der Waals surface area contributed by atoms with Gasteiger partial charge in [-0.05, 0) is 53.3 Å². The van der Waals surface area contributed by atoms with Gasteiger partial charge in [0.05, 0.1) is 17.1 Å². The molecule has 2 heterocycles. The van der Waals surface area contributed by atoms with Crippen LogP contribution >= 0.6 is 11.8 Å². The number of thioether (sulfide) groups is 1. The van der Waals surface area contributed by atoms with Gasteiger partial charge in [-0.3, -0.25) is 0 Å². The predicted octanol–water partition coefficient (Wildman–Crippen LogP) is 9.46. The van der Waals surface area contributed by atoms with Crippen molar-refractivity contribution in [3.05, 3.63) is 144 Å². The average molecular weight is 546 g/mol. The Morgan fingerprint density at radius 1 is 0.585 bits per heavy atom. The number of aromatic nitrogens is 2. The molecule has 6 aromatic rings. The molecule has 8 rings (SSSR count). The Labute approximate surface area is 244 Å². The van der Waals surface area contributed by atoms with Crippen molar-refractivity contribution < 1.29 is 0 Å². The maximum absolute atomic E-state index is 5.10. The molecule has 0 amide bonds. The Bertz CT molecular complexity index is 1830. The van der Waals surface area contributed by atoms with Crippen LogP contribution in [0.25, 0.3) is 45.0 Å². The molecule has 0 bridgehead atoms. The van der Waals surface area contributed by atoms with E-state index in [1.54, 1.807) is 0 Å². The molecule has 5 aromatic carbocycles. The lowest BCUT2D eigenvalue weighted by Crippen LogP contribution is -2.08. The van der Waals surface area contributed by atoms with Gasteiger partial charge < -0.3 is 5.32 Å². The zero-order valence-corrected chi connectivity index (χ0v) is 23.2. The summed E-state index contributed by atoms with van der Waals surface area (Å²) in [5.41, 5.74) is 13.0. The summed E-state index contributed by atoms with van der Waals surface area (Å²) in [5, 5.41) is 4.09. The van der Waals surface area contributed by atoms with Crippen LogP contribution in [0.5, 0.6) is 0 Å². The van der Waals surface area contributed by atoms with Gasteiger partial charge in [0.2, 0.25) is 0 Å². The third-order valence-electron chi connectivity index (χ3n) is 8.04. The quantitative estimate of drug-likeness (QED) is 0.239. The summed E-state index contributed by atoms with van der Waals surface area (Å²) < 4.78 is 0. The second-order valence-corrected chi connectivity index (χ2v) is 11.7. The number of nitrogens with one attached hydrogen (secondary N) is 1. The SMILES string of the molecule is c1ccc(-c2cc(-c3ccccc3)nc(-c3ccc4c(c3)-c3c(ccc5c3NC(c3ccccc3)S5)CC4)n2)cc1. The molecule has 1 unspecified atom stereocenters. The molecule has 0 saturated heterocycles. The Balaban J connectivity index is 1.26. The van der Waals surface area contributed by atoms with Gasteiger partial charge in [-0.25, -0.2) is 9.97 Å². The van der Waals surface area contributed by atoms with E-state index in [-0.39, 0.29) is 5.37 Å². The van der Waals surface area contributed by atoms with Crippen molar-refractivity contribution in [2.75, 3.05) is 5.32 Å². The number of nitrogens with zero attached hydrogens (tertiary/aromatic N) is 2. The van der Waals surface area contributed by atoms with Gasteiger partial charge in [0, 0.05) is 27.1 Å². The molecule has 4 heteroatoms. The number of rotatable bonds is 4. The first-order chi connectivity index (χ1) is 20.3. The molecule has 1 aliphatic carbocycles. The fourth-order valence-electron chi connectivity index (χ4n) is 5.98. The minimum absolute atomic E-state index is 0.213. The monoisotopic (exact) mass is 545 g/mol. The second-order valence-electron chi connectivity index (χ2n) is 10.6. The molecule has 1 atom stereocenters. The van der Waals surface area contributed by atoms with E-state index < -0.39 is 0 Å². The van der Waals surface area contributed by atoms with Crippen LogP contribution in [0, 0.1) is 0 Å². The molecule has 1 aliphatic heterocycles. The van der Waals surface area contributed by atoms with Crippen LogP contribution in [0.4, 0.5) is 5.69 Å². The van der Waals surface area contributed by atoms with Crippen molar-refractivity contribution in [3.63, 3.8) is 0 Å². The van der Waals surface area contributed by atoms with E-state index >= 15 is 0 Å². The summed E-state index contributed by atoms with van der Waals surface area (Å²) >= 11 is 1.90. The summed E-state index contributed by atoms with van der Waals surface area (Å²) in [6.07, 6.45) is 2.09. The molecule has 1 aromatic heterocycles. The van der Waals surface area contributed by atoms with Gasteiger partial charge in [-0.1, -0.05) is 121 Å². The van der Waals surface area contributed by atoms with Crippen molar-refractivity contribution in [1.82, 2.24) is 9.97 Å². The number of hydrogen-bond donors (Lipinski definition) is 1. The maximum Gasteiger partial charge on any atom is 0.160 e.